The summed E-state index contributed by atoms with van der Waals surface area (Å²) >= 11 is 5.90. The van der Waals surface area contributed by atoms with Gasteiger partial charge in [-0.25, -0.2) is 9.97 Å². The van der Waals surface area contributed by atoms with Gasteiger partial charge in [0.15, 0.2) is 5.65 Å². The van der Waals surface area contributed by atoms with E-state index in [4.69, 9.17) is 17.3 Å². The Morgan fingerprint density at radius 1 is 1.06 bits per heavy atom. The van der Waals surface area contributed by atoms with Crippen molar-refractivity contribution in [3.05, 3.63) is 35.5 Å². The van der Waals surface area contributed by atoms with Crippen LogP contribution in [0.4, 0.5) is 5.95 Å². The number of nitrogens with two attached hydrogens (primary N) is 1. The lowest BCUT2D eigenvalue weighted by Crippen LogP contribution is -1.95. The molecule has 3 rings (SSSR count). The first kappa shape index (κ1) is 9.30. The fourth-order valence-corrected chi connectivity index (χ4v) is 1.77. The van der Waals surface area contributed by atoms with Gasteiger partial charge < -0.3 is 5.73 Å². The minimum Gasteiger partial charge on any atom is -0.368 e. The maximum Gasteiger partial charge on any atom is 0.222 e. The molecule has 0 spiro atoms. The number of hydrogen-bond acceptors (Lipinski definition) is 4. The van der Waals surface area contributed by atoms with E-state index in [0.717, 1.165) is 16.3 Å². The Morgan fingerprint density at radius 3 is 2.81 bits per heavy atom. The lowest BCUT2D eigenvalue weighted by Gasteiger charge is -2.01. The Kier molecular flexibility index (Phi) is 1.91. The van der Waals surface area contributed by atoms with Gasteiger partial charge in [0, 0.05) is 22.0 Å². The number of anilines is 1. The molecule has 0 fully saturated rings. The quantitative estimate of drug-likeness (QED) is 0.603. The molecule has 78 valence electrons. The smallest absolute Gasteiger partial charge is 0.222 e. The van der Waals surface area contributed by atoms with Gasteiger partial charge in [-0.05, 0) is 18.2 Å². The summed E-state index contributed by atoms with van der Waals surface area (Å²) in [4.78, 5) is 12.4. The van der Waals surface area contributed by atoms with E-state index >= 15 is 0 Å². The van der Waals surface area contributed by atoms with E-state index in [1.54, 1.807) is 12.3 Å². The van der Waals surface area contributed by atoms with Crippen LogP contribution in [0.5, 0.6) is 0 Å². The highest BCUT2D eigenvalue weighted by Gasteiger charge is 2.02. The third-order valence-corrected chi connectivity index (χ3v) is 2.58. The molecule has 0 saturated carbocycles. The summed E-state index contributed by atoms with van der Waals surface area (Å²) in [5.41, 5.74) is 6.90. The predicted octanol–water partition coefficient (Wildman–Crippen LogP) is 2.41. The van der Waals surface area contributed by atoms with Gasteiger partial charge in [-0.1, -0.05) is 17.7 Å². The largest absolute Gasteiger partial charge is 0.368 e. The molecule has 2 heterocycles. The number of pyridine rings is 1. The molecule has 16 heavy (non-hydrogen) atoms. The molecule has 5 heteroatoms. The molecular weight excluding hydrogens is 224 g/mol. The molecule has 3 aromatic rings. The first-order valence-corrected chi connectivity index (χ1v) is 5.09. The van der Waals surface area contributed by atoms with E-state index < -0.39 is 0 Å². The summed E-state index contributed by atoms with van der Waals surface area (Å²) in [6.45, 7) is 0. The Labute approximate surface area is 96.1 Å². The zero-order valence-electron chi connectivity index (χ0n) is 8.18. The van der Waals surface area contributed by atoms with Crippen LogP contribution in [0, 0.1) is 0 Å². The van der Waals surface area contributed by atoms with Crippen LogP contribution in [0.2, 0.25) is 5.02 Å². The number of nitrogens with zero attached hydrogens (tertiary/aromatic N) is 3. The Bertz CT molecular complexity index is 639. The normalized spacial score (nSPS) is 11.1. The van der Waals surface area contributed by atoms with E-state index in [1.807, 2.05) is 18.2 Å². The van der Waals surface area contributed by atoms with Crippen molar-refractivity contribution >= 4 is 39.5 Å². The van der Waals surface area contributed by atoms with Gasteiger partial charge >= 0.3 is 0 Å². The molecule has 0 unspecified atom stereocenters. The molecule has 0 bridgehead atoms. The summed E-state index contributed by atoms with van der Waals surface area (Å²) in [5, 5.41) is 2.52. The van der Waals surface area contributed by atoms with Crippen LogP contribution in [0.25, 0.3) is 21.9 Å². The minimum atomic E-state index is 0.223. The average molecular weight is 231 g/mol. The number of benzene rings is 1. The topological polar surface area (TPSA) is 64.7 Å². The van der Waals surface area contributed by atoms with Gasteiger partial charge in [-0.3, -0.25) is 0 Å². The van der Waals surface area contributed by atoms with Crippen molar-refractivity contribution in [1.29, 1.82) is 0 Å². The summed E-state index contributed by atoms with van der Waals surface area (Å²) < 4.78 is 0. The highest BCUT2D eigenvalue weighted by atomic mass is 35.5. The van der Waals surface area contributed by atoms with Crippen molar-refractivity contribution in [2.24, 2.45) is 0 Å². The molecule has 0 amide bonds. The maximum atomic E-state index is 5.90. The van der Waals surface area contributed by atoms with Crippen LogP contribution in [-0.2, 0) is 0 Å². The molecular formula is C11H7ClN4. The number of rotatable bonds is 0. The number of aromatic nitrogens is 3. The van der Waals surface area contributed by atoms with Gasteiger partial charge in [-0.15, -0.1) is 0 Å². The molecule has 0 aliphatic heterocycles. The second kappa shape index (κ2) is 3.28. The average Bonchev–Trinajstić information content (AvgIpc) is 2.26. The Hall–Kier alpha value is -1.94. The lowest BCUT2D eigenvalue weighted by atomic mass is 10.2. The van der Waals surface area contributed by atoms with Crippen LogP contribution in [-0.4, -0.2) is 15.0 Å². The van der Waals surface area contributed by atoms with Crippen molar-refractivity contribution in [2.45, 2.75) is 0 Å². The van der Waals surface area contributed by atoms with Gasteiger partial charge in [0.05, 0.1) is 5.52 Å². The summed E-state index contributed by atoms with van der Waals surface area (Å²) in [6.07, 6.45) is 1.67. The highest BCUT2D eigenvalue weighted by molar-refractivity contribution is 6.31. The van der Waals surface area contributed by atoms with Crippen molar-refractivity contribution in [3.8, 4) is 0 Å². The van der Waals surface area contributed by atoms with Gasteiger partial charge in [0.1, 0.15) is 0 Å². The number of nitrogen functional groups attached to an aromatic ring is 1. The Balaban J connectivity index is 2.44. The minimum absolute atomic E-state index is 0.223. The first-order valence-electron chi connectivity index (χ1n) is 4.71. The number of halogens is 1. The molecule has 0 radical (unpaired) electrons. The molecule has 0 aliphatic rings. The van der Waals surface area contributed by atoms with Crippen molar-refractivity contribution < 1.29 is 0 Å². The van der Waals surface area contributed by atoms with Gasteiger partial charge in [0.2, 0.25) is 5.95 Å². The number of fused-ring (bicyclic) bond motifs is 2. The van der Waals surface area contributed by atoms with E-state index in [1.165, 1.54) is 0 Å². The fourth-order valence-electron chi connectivity index (χ4n) is 1.60. The van der Waals surface area contributed by atoms with Crippen molar-refractivity contribution in [1.82, 2.24) is 15.0 Å². The molecule has 1 aromatic carbocycles. The van der Waals surface area contributed by atoms with Crippen LogP contribution in [0.3, 0.4) is 0 Å². The molecule has 0 saturated heterocycles. The van der Waals surface area contributed by atoms with Crippen LogP contribution >= 0.6 is 11.6 Å². The second-order valence-corrected chi connectivity index (χ2v) is 3.90. The van der Waals surface area contributed by atoms with E-state index in [9.17, 15) is 0 Å². The standard InChI is InChI=1S/C11H7ClN4/c12-8-2-1-6-3-7-5-14-11(13)16-10(7)15-9(6)4-8/h1-5H,(H2,13,14,15,16). The third kappa shape index (κ3) is 1.44. The molecule has 2 N–H and O–H groups in total. The summed E-state index contributed by atoms with van der Waals surface area (Å²) in [7, 11) is 0. The van der Waals surface area contributed by atoms with E-state index in [2.05, 4.69) is 15.0 Å². The zero-order valence-corrected chi connectivity index (χ0v) is 8.94. The monoisotopic (exact) mass is 230 g/mol. The van der Waals surface area contributed by atoms with Crippen LogP contribution < -0.4 is 5.73 Å². The molecule has 0 atom stereocenters. The SMILES string of the molecule is Nc1ncc2cc3ccc(Cl)cc3nc2n1. The Morgan fingerprint density at radius 2 is 1.94 bits per heavy atom. The van der Waals surface area contributed by atoms with Crippen molar-refractivity contribution in [3.63, 3.8) is 0 Å². The van der Waals surface area contributed by atoms with Crippen LogP contribution in [0.1, 0.15) is 0 Å². The maximum absolute atomic E-state index is 5.90. The van der Waals surface area contributed by atoms with Gasteiger partial charge in [0.25, 0.3) is 0 Å². The molecule has 0 aliphatic carbocycles. The predicted molar refractivity (Wildman–Crippen MR) is 64.3 cm³/mol. The lowest BCUT2D eigenvalue weighted by molar-refractivity contribution is 1.21. The third-order valence-electron chi connectivity index (χ3n) is 2.34. The zero-order chi connectivity index (χ0) is 11.1. The second-order valence-electron chi connectivity index (χ2n) is 3.47. The van der Waals surface area contributed by atoms with Crippen LogP contribution in [0.15, 0.2) is 30.5 Å². The summed E-state index contributed by atoms with van der Waals surface area (Å²) in [6, 6.07) is 7.51. The molecule has 2 aromatic heterocycles. The highest BCUT2D eigenvalue weighted by Crippen LogP contribution is 2.21. The van der Waals surface area contributed by atoms with E-state index in [0.29, 0.717) is 10.7 Å². The first-order chi connectivity index (χ1) is 7.72. The number of hydrogen-bond donors (Lipinski definition) is 1. The molecule has 4 nitrogen and oxygen atoms in total. The van der Waals surface area contributed by atoms with Crippen molar-refractivity contribution in [2.75, 3.05) is 5.73 Å². The fraction of sp³-hybridized carbons (Fsp3) is 0. The summed E-state index contributed by atoms with van der Waals surface area (Å²) in [5.74, 6) is 0.223. The van der Waals surface area contributed by atoms with Gasteiger partial charge in [-0.2, -0.15) is 4.98 Å². The van der Waals surface area contributed by atoms with E-state index in [-0.39, 0.29) is 5.95 Å².